The van der Waals surface area contributed by atoms with Gasteiger partial charge in [0.25, 0.3) is 0 Å². The summed E-state index contributed by atoms with van der Waals surface area (Å²) in [6.07, 6.45) is 1.12. The van der Waals surface area contributed by atoms with Gasteiger partial charge in [-0.05, 0) is 51.9 Å². The van der Waals surface area contributed by atoms with Gasteiger partial charge in [-0.1, -0.05) is 18.2 Å². The Hall–Kier alpha value is -1.74. The number of nitrogens with zero attached hydrogens (tertiary/aromatic N) is 1. The molecule has 2 aromatic rings. The molecular weight excluding hydrogens is 260 g/mol. The van der Waals surface area contributed by atoms with Crippen molar-refractivity contribution >= 4 is 5.69 Å². The van der Waals surface area contributed by atoms with E-state index in [4.69, 9.17) is 4.42 Å². The van der Waals surface area contributed by atoms with E-state index in [0.29, 0.717) is 6.04 Å². The van der Waals surface area contributed by atoms with Crippen LogP contribution in [0, 0.1) is 13.8 Å². The zero-order chi connectivity index (χ0) is 15.2. The number of hydrogen-bond acceptors (Lipinski definition) is 3. The summed E-state index contributed by atoms with van der Waals surface area (Å²) < 4.78 is 5.59. The standard InChI is InChI=1S/C18H26N2O/c1-14-13-18(16(3)21-14)15(2)19-11-8-12-20(4)17-9-6-5-7-10-17/h5-7,9-10,13,15,19H,8,11-12H2,1-4H3. The molecule has 0 aliphatic rings. The van der Waals surface area contributed by atoms with E-state index in [-0.39, 0.29) is 0 Å². The molecule has 0 saturated heterocycles. The van der Waals surface area contributed by atoms with Crippen LogP contribution in [0.1, 0.15) is 36.5 Å². The highest BCUT2D eigenvalue weighted by atomic mass is 16.3. The number of hydrogen-bond donors (Lipinski definition) is 1. The van der Waals surface area contributed by atoms with Gasteiger partial charge >= 0.3 is 0 Å². The SMILES string of the molecule is Cc1cc(C(C)NCCCN(C)c2ccccc2)c(C)o1. The minimum absolute atomic E-state index is 0.337. The smallest absolute Gasteiger partial charge is 0.105 e. The number of nitrogens with one attached hydrogen (secondary N) is 1. The third kappa shape index (κ3) is 4.36. The third-order valence-electron chi connectivity index (χ3n) is 3.86. The summed E-state index contributed by atoms with van der Waals surface area (Å²) in [5.74, 6) is 2.01. The first-order chi connectivity index (χ1) is 10.1. The van der Waals surface area contributed by atoms with Crippen molar-refractivity contribution in [1.29, 1.82) is 0 Å². The topological polar surface area (TPSA) is 28.4 Å². The van der Waals surface area contributed by atoms with Crippen molar-refractivity contribution in [3.63, 3.8) is 0 Å². The Morgan fingerprint density at radius 2 is 1.90 bits per heavy atom. The van der Waals surface area contributed by atoms with Gasteiger partial charge in [-0.15, -0.1) is 0 Å². The fourth-order valence-electron chi connectivity index (χ4n) is 2.64. The van der Waals surface area contributed by atoms with Gasteiger partial charge in [0.1, 0.15) is 11.5 Å². The summed E-state index contributed by atoms with van der Waals surface area (Å²) in [7, 11) is 2.14. The van der Waals surface area contributed by atoms with Crippen LogP contribution in [0.25, 0.3) is 0 Å². The van der Waals surface area contributed by atoms with Crippen molar-refractivity contribution in [2.45, 2.75) is 33.2 Å². The summed E-state index contributed by atoms with van der Waals surface area (Å²) in [4.78, 5) is 2.29. The molecule has 0 radical (unpaired) electrons. The van der Waals surface area contributed by atoms with Crippen LogP contribution in [0.4, 0.5) is 5.69 Å². The highest BCUT2D eigenvalue weighted by molar-refractivity contribution is 5.44. The van der Waals surface area contributed by atoms with Gasteiger partial charge < -0.3 is 14.6 Å². The lowest BCUT2D eigenvalue weighted by Gasteiger charge is -2.20. The summed E-state index contributed by atoms with van der Waals surface area (Å²) in [5, 5.41) is 3.57. The molecule has 0 bridgehead atoms. The fourth-order valence-corrected chi connectivity index (χ4v) is 2.64. The molecule has 1 atom stereocenters. The van der Waals surface area contributed by atoms with Crippen molar-refractivity contribution < 1.29 is 4.42 Å². The second-order valence-corrected chi connectivity index (χ2v) is 5.66. The number of benzene rings is 1. The lowest BCUT2D eigenvalue weighted by molar-refractivity contribution is 0.488. The molecular formula is C18H26N2O. The Bertz CT molecular complexity index is 548. The zero-order valence-electron chi connectivity index (χ0n) is 13.5. The van der Waals surface area contributed by atoms with E-state index in [9.17, 15) is 0 Å². The molecule has 1 unspecified atom stereocenters. The van der Waals surface area contributed by atoms with Gasteiger partial charge in [0, 0.05) is 30.9 Å². The van der Waals surface area contributed by atoms with Crippen LogP contribution >= 0.6 is 0 Å². The van der Waals surface area contributed by atoms with Gasteiger partial charge in [0.05, 0.1) is 0 Å². The van der Waals surface area contributed by atoms with Gasteiger partial charge in [-0.25, -0.2) is 0 Å². The van der Waals surface area contributed by atoms with Gasteiger partial charge in [0.15, 0.2) is 0 Å². The minimum Gasteiger partial charge on any atom is -0.466 e. The third-order valence-corrected chi connectivity index (χ3v) is 3.86. The quantitative estimate of drug-likeness (QED) is 0.778. The molecule has 0 spiro atoms. The van der Waals surface area contributed by atoms with Crippen LogP contribution in [0.2, 0.25) is 0 Å². The molecule has 2 rings (SSSR count). The van der Waals surface area contributed by atoms with Crippen LogP contribution in [0.5, 0.6) is 0 Å². The van der Waals surface area contributed by atoms with E-state index in [1.807, 2.05) is 13.8 Å². The molecule has 0 saturated carbocycles. The van der Waals surface area contributed by atoms with Crippen molar-refractivity contribution in [3.8, 4) is 0 Å². The Labute approximate surface area is 128 Å². The van der Waals surface area contributed by atoms with Crippen molar-refractivity contribution in [3.05, 3.63) is 53.5 Å². The molecule has 3 nitrogen and oxygen atoms in total. The normalized spacial score (nSPS) is 12.4. The highest BCUT2D eigenvalue weighted by Gasteiger charge is 2.11. The van der Waals surface area contributed by atoms with Crippen LogP contribution < -0.4 is 10.2 Å². The van der Waals surface area contributed by atoms with Crippen molar-refractivity contribution in [2.75, 3.05) is 25.0 Å². The summed E-state index contributed by atoms with van der Waals surface area (Å²) >= 11 is 0. The van der Waals surface area contributed by atoms with E-state index in [1.165, 1.54) is 11.3 Å². The maximum Gasteiger partial charge on any atom is 0.105 e. The average molecular weight is 286 g/mol. The first kappa shape index (κ1) is 15.6. The lowest BCUT2D eigenvalue weighted by atomic mass is 10.1. The average Bonchev–Trinajstić information content (AvgIpc) is 2.83. The van der Waals surface area contributed by atoms with Gasteiger partial charge in [-0.3, -0.25) is 0 Å². The molecule has 21 heavy (non-hydrogen) atoms. The number of aryl methyl sites for hydroxylation is 2. The van der Waals surface area contributed by atoms with Crippen LogP contribution in [-0.2, 0) is 0 Å². The lowest BCUT2D eigenvalue weighted by Crippen LogP contribution is -2.25. The van der Waals surface area contributed by atoms with Crippen LogP contribution in [-0.4, -0.2) is 20.1 Å². The van der Waals surface area contributed by atoms with Crippen molar-refractivity contribution in [1.82, 2.24) is 5.32 Å². The Kier molecular flexibility index (Phi) is 5.45. The fraction of sp³-hybridized carbons (Fsp3) is 0.444. The maximum absolute atomic E-state index is 5.59. The summed E-state index contributed by atoms with van der Waals surface area (Å²) in [5.41, 5.74) is 2.54. The predicted molar refractivity (Wildman–Crippen MR) is 88.9 cm³/mol. The largest absolute Gasteiger partial charge is 0.466 e. The Morgan fingerprint density at radius 3 is 2.52 bits per heavy atom. The molecule has 3 heteroatoms. The zero-order valence-corrected chi connectivity index (χ0v) is 13.5. The summed E-state index contributed by atoms with van der Waals surface area (Å²) in [6, 6.07) is 13.0. The van der Waals surface area contributed by atoms with E-state index in [0.717, 1.165) is 31.0 Å². The van der Waals surface area contributed by atoms with E-state index in [2.05, 4.69) is 60.6 Å². The van der Waals surface area contributed by atoms with E-state index in [1.54, 1.807) is 0 Å². The molecule has 0 amide bonds. The van der Waals surface area contributed by atoms with Crippen LogP contribution in [0.3, 0.4) is 0 Å². The monoisotopic (exact) mass is 286 g/mol. The highest BCUT2D eigenvalue weighted by Crippen LogP contribution is 2.21. The number of anilines is 1. The Morgan fingerprint density at radius 1 is 1.19 bits per heavy atom. The molecule has 114 valence electrons. The first-order valence-corrected chi connectivity index (χ1v) is 7.64. The first-order valence-electron chi connectivity index (χ1n) is 7.64. The number of furan rings is 1. The Balaban J connectivity index is 1.73. The molecule has 0 fully saturated rings. The maximum atomic E-state index is 5.59. The molecule has 1 aromatic heterocycles. The molecule has 0 aliphatic carbocycles. The van der Waals surface area contributed by atoms with E-state index < -0.39 is 0 Å². The number of para-hydroxylation sites is 1. The second-order valence-electron chi connectivity index (χ2n) is 5.66. The molecule has 1 heterocycles. The molecule has 0 aliphatic heterocycles. The molecule has 1 aromatic carbocycles. The van der Waals surface area contributed by atoms with Gasteiger partial charge in [-0.2, -0.15) is 0 Å². The predicted octanol–water partition coefficient (Wildman–Crippen LogP) is 4.07. The van der Waals surface area contributed by atoms with E-state index >= 15 is 0 Å². The second kappa shape index (κ2) is 7.32. The number of rotatable bonds is 7. The minimum atomic E-state index is 0.337. The summed E-state index contributed by atoms with van der Waals surface area (Å²) in [6.45, 7) is 8.27. The van der Waals surface area contributed by atoms with Crippen LogP contribution in [0.15, 0.2) is 40.8 Å². The molecule has 1 N–H and O–H groups in total. The van der Waals surface area contributed by atoms with Crippen molar-refractivity contribution in [2.24, 2.45) is 0 Å². The van der Waals surface area contributed by atoms with Gasteiger partial charge in [0.2, 0.25) is 0 Å².